The zero-order chi connectivity index (χ0) is 23.3. The van der Waals surface area contributed by atoms with Crippen molar-refractivity contribution in [2.75, 3.05) is 27.9 Å². The Morgan fingerprint density at radius 2 is 1.64 bits per heavy atom. The summed E-state index contributed by atoms with van der Waals surface area (Å²) in [6.07, 6.45) is 4.63. The fourth-order valence-electron chi connectivity index (χ4n) is 5.54. The first-order chi connectivity index (χ1) is 15.8. The van der Waals surface area contributed by atoms with Gasteiger partial charge in [0, 0.05) is 41.4 Å². The van der Waals surface area contributed by atoms with Gasteiger partial charge in [-0.3, -0.25) is 4.79 Å². The van der Waals surface area contributed by atoms with Crippen LogP contribution in [-0.4, -0.2) is 38.6 Å². The van der Waals surface area contributed by atoms with Gasteiger partial charge >= 0.3 is 0 Å². The molecule has 0 N–H and O–H groups in total. The molecule has 172 valence electrons. The molecule has 33 heavy (non-hydrogen) atoms. The molecule has 0 spiro atoms. The van der Waals surface area contributed by atoms with Crippen LogP contribution in [0.15, 0.2) is 53.7 Å². The first kappa shape index (κ1) is 21.6. The van der Waals surface area contributed by atoms with Crippen molar-refractivity contribution >= 4 is 11.5 Å². The average molecular weight is 446 g/mol. The van der Waals surface area contributed by atoms with E-state index in [0.29, 0.717) is 6.42 Å². The first-order valence-corrected chi connectivity index (χ1v) is 11.5. The maximum atomic E-state index is 13.5. The van der Waals surface area contributed by atoms with Crippen LogP contribution in [0, 0.1) is 5.41 Å². The molecule has 1 atom stereocenters. The van der Waals surface area contributed by atoms with E-state index in [1.807, 2.05) is 12.1 Å². The Morgan fingerprint density at radius 3 is 2.30 bits per heavy atom. The summed E-state index contributed by atoms with van der Waals surface area (Å²) in [5.74, 6) is 2.46. The van der Waals surface area contributed by atoms with Crippen LogP contribution in [0.5, 0.6) is 17.2 Å². The molecule has 2 heterocycles. The van der Waals surface area contributed by atoms with Crippen LogP contribution in [-0.2, 0) is 11.2 Å². The van der Waals surface area contributed by atoms with E-state index in [9.17, 15) is 4.79 Å². The fraction of sp³-hybridized carbons (Fsp3) is 0.393. The molecule has 0 aromatic heterocycles. The van der Waals surface area contributed by atoms with Crippen molar-refractivity contribution in [2.24, 2.45) is 5.41 Å². The van der Waals surface area contributed by atoms with E-state index in [4.69, 9.17) is 14.2 Å². The molecule has 0 saturated carbocycles. The van der Waals surface area contributed by atoms with Gasteiger partial charge < -0.3 is 19.1 Å². The standard InChI is InChI=1S/C28H31NO4/c1-28(2)15-23-27(24(30)16-28)21(17-6-8-19(31-3)9-7-17)13-22-20-14-26(33-5)25(32-4)12-18(20)10-11-29(22)23/h6-9,12-14,21H,10-11,15-16H2,1-5H3. The summed E-state index contributed by atoms with van der Waals surface area (Å²) >= 11 is 0. The van der Waals surface area contributed by atoms with Gasteiger partial charge in [-0.05, 0) is 59.7 Å². The minimum atomic E-state index is -0.0835. The molecular weight excluding hydrogens is 414 g/mol. The largest absolute Gasteiger partial charge is 0.497 e. The molecule has 2 aromatic rings. The van der Waals surface area contributed by atoms with Crippen LogP contribution in [0.1, 0.15) is 49.3 Å². The van der Waals surface area contributed by atoms with Crippen molar-refractivity contribution in [3.8, 4) is 17.2 Å². The monoisotopic (exact) mass is 445 g/mol. The van der Waals surface area contributed by atoms with Crippen LogP contribution in [0.2, 0.25) is 0 Å². The van der Waals surface area contributed by atoms with Crippen molar-refractivity contribution in [3.05, 3.63) is 70.4 Å². The molecule has 5 rings (SSSR count). The highest BCUT2D eigenvalue weighted by Crippen LogP contribution is 2.51. The zero-order valence-corrected chi connectivity index (χ0v) is 20.0. The number of benzene rings is 2. The van der Waals surface area contributed by atoms with E-state index in [0.717, 1.165) is 59.0 Å². The summed E-state index contributed by atoms with van der Waals surface area (Å²) in [4.78, 5) is 15.9. The number of allylic oxidation sites excluding steroid dienone is 3. The number of ketones is 1. The summed E-state index contributed by atoms with van der Waals surface area (Å²) < 4.78 is 16.5. The van der Waals surface area contributed by atoms with Crippen molar-refractivity contribution in [1.82, 2.24) is 4.90 Å². The number of carbonyl (C=O) groups excluding carboxylic acids is 1. The Morgan fingerprint density at radius 1 is 0.939 bits per heavy atom. The number of methoxy groups -OCH3 is 3. The van der Waals surface area contributed by atoms with Crippen LogP contribution in [0.4, 0.5) is 0 Å². The van der Waals surface area contributed by atoms with Gasteiger partial charge in [-0.25, -0.2) is 0 Å². The highest BCUT2D eigenvalue weighted by molar-refractivity contribution is 6.01. The minimum Gasteiger partial charge on any atom is -0.497 e. The van der Waals surface area contributed by atoms with Crippen LogP contribution in [0.3, 0.4) is 0 Å². The van der Waals surface area contributed by atoms with Crippen molar-refractivity contribution in [2.45, 2.75) is 39.0 Å². The summed E-state index contributed by atoms with van der Waals surface area (Å²) in [5.41, 5.74) is 6.73. The maximum Gasteiger partial charge on any atom is 0.162 e. The number of hydrogen-bond acceptors (Lipinski definition) is 5. The van der Waals surface area contributed by atoms with E-state index in [1.165, 1.54) is 11.3 Å². The number of hydrogen-bond donors (Lipinski definition) is 0. The molecule has 1 aliphatic carbocycles. The first-order valence-electron chi connectivity index (χ1n) is 11.5. The number of ether oxygens (including phenoxy) is 3. The fourth-order valence-corrected chi connectivity index (χ4v) is 5.54. The highest BCUT2D eigenvalue weighted by Gasteiger charge is 2.42. The normalized spacial score (nSPS) is 21.0. The van der Waals surface area contributed by atoms with E-state index in [-0.39, 0.29) is 17.1 Å². The lowest BCUT2D eigenvalue weighted by Crippen LogP contribution is -2.40. The Bertz CT molecular complexity index is 1170. The molecule has 5 nitrogen and oxygen atoms in total. The summed E-state index contributed by atoms with van der Waals surface area (Å²) in [5, 5.41) is 0. The molecule has 2 aromatic carbocycles. The van der Waals surface area contributed by atoms with Gasteiger partial charge in [-0.2, -0.15) is 0 Å². The number of nitrogens with zero attached hydrogens (tertiary/aromatic N) is 1. The van der Waals surface area contributed by atoms with Gasteiger partial charge in [-0.15, -0.1) is 0 Å². The van der Waals surface area contributed by atoms with Gasteiger partial charge in [0.15, 0.2) is 17.3 Å². The topological polar surface area (TPSA) is 48.0 Å². The van der Waals surface area contributed by atoms with E-state index in [2.05, 4.69) is 49.1 Å². The lowest BCUT2D eigenvalue weighted by atomic mass is 9.69. The zero-order valence-electron chi connectivity index (χ0n) is 20.0. The van der Waals surface area contributed by atoms with Crippen LogP contribution in [0.25, 0.3) is 5.70 Å². The van der Waals surface area contributed by atoms with Gasteiger partial charge in [-0.1, -0.05) is 26.0 Å². The van der Waals surface area contributed by atoms with E-state index < -0.39 is 0 Å². The number of fused-ring (bicyclic) bond motifs is 4. The van der Waals surface area contributed by atoms with Crippen molar-refractivity contribution in [1.29, 1.82) is 0 Å². The average Bonchev–Trinajstić information content (AvgIpc) is 2.81. The third-order valence-electron chi connectivity index (χ3n) is 7.11. The van der Waals surface area contributed by atoms with E-state index >= 15 is 0 Å². The van der Waals surface area contributed by atoms with Gasteiger partial charge in [0.25, 0.3) is 0 Å². The molecule has 5 heteroatoms. The molecular formula is C28H31NO4. The lowest BCUT2D eigenvalue weighted by Gasteiger charge is -2.46. The number of carbonyl (C=O) groups is 1. The molecule has 0 bridgehead atoms. The van der Waals surface area contributed by atoms with Gasteiger partial charge in [0.1, 0.15) is 5.75 Å². The number of Topliss-reactive ketones (excluding diaryl/α,β-unsaturated/α-hetero) is 1. The SMILES string of the molecule is COc1ccc(C2C=C3c4cc(OC)c(OC)cc4CCN3C3=C2C(=O)CC(C)(C)C3)cc1. The number of rotatable bonds is 4. The summed E-state index contributed by atoms with van der Waals surface area (Å²) in [6, 6.07) is 12.3. The molecule has 2 aliphatic heterocycles. The van der Waals surface area contributed by atoms with Crippen molar-refractivity contribution in [3.63, 3.8) is 0 Å². The minimum absolute atomic E-state index is 0.0549. The lowest BCUT2D eigenvalue weighted by molar-refractivity contribution is -0.118. The predicted molar refractivity (Wildman–Crippen MR) is 129 cm³/mol. The quantitative estimate of drug-likeness (QED) is 0.635. The second-order valence-corrected chi connectivity index (χ2v) is 9.87. The summed E-state index contributed by atoms with van der Waals surface area (Å²) in [7, 11) is 5.01. The van der Waals surface area contributed by atoms with Gasteiger partial charge in [0.2, 0.25) is 0 Å². The second kappa shape index (κ2) is 7.98. The molecule has 0 amide bonds. The van der Waals surface area contributed by atoms with Crippen LogP contribution < -0.4 is 14.2 Å². The molecule has 3 aliphatic rings. The third-order valence-corrected chi connectivity index (χ3v) is 7.11. The van der Waals surface area contributed by atoms with Crippen LogP contribution >= 0.6 is 0 Å². The second-order valence-electron chi connectivity index (χ2n) is 9.87. The molecule has 0 saturated heterocycles. The Hall–Kier alpha value is -3.21. The van der Waals surface area contributed by atoms with E-state index in [1.54, 1.807) is 21.3 Å². The molecule has 0 fully saturated rings. The molecule has 0 radical (unpaired) electrons. The molecule has 1 unspecified atom stereocenters. The third kappa shape index (κ3) is 3.60. The Kier molecular flexibility index (Phi) is 5.23. The highest BCUT2D eigenvalue weighted by atomic mass is 16.5. The summed E-state index contributed by atoms with van der Waals surface area (Å²) in [6.45, 7) is 5.24. The van der Waals surface area contributed by atoms with Crippen molar-refractivity contribution < 1.29 is 19.0 Å². The predicted octanol–water partition coefficient (Wildman–Crippen LogP) is 5.35. The van der Waals surface area contributed by atoms with Gasteiger partial charge in [0.05, 0.1) is 21.3 Å². The maximum absolute atomic E-state index is 13.5. The Labute approximate surface area is 195 Å². The smallest absolute Gasteiger partial charge is 0.162 e. The Balaban J connectivity index is 1.69.